The fraction of sp³-hybridized carbons (Fsp3) is 0.267. The summed E-state index contributed by atoms with van der Waals surface area (Å²) in [5, 5.41) is 4.85. The average Bonchev–Trinajstić information content (AvgIpc) is 2.39. The molecule has 1 N–H and O–H groups in total. The van der Waals surface area contributed by atoms with Gasteiger partial charge >= 0.3 is 0 Å². The van der Waals surface area contributed by atoms with Gasteiger partial charge in [-0.15, -0.1) is 0 Å². The number of aromatic nitrogens is 1. The van der Waals surface area contributed by atoms with E-state index in [1.165, 1.54) is 0 Å². The Labute approximate surface area is 123 Å². The van der Waals surface area contributed by atoms with E-state index in [9.17, 15) is 0 Å². The summed E-state index contributed by atoms with van der Waals surface area (Å²) in [4.78, 5) is 4.13. The molecule has 0 amide bonds. The van der Waals surface area contributed by atoms with Gasteiger partial charge in [-0.25, -0.2) is 0 Å². The van der Waals surface area contributed by atoms with Gasteiger partial charge in [-0.1, -0.05) is 35.3 Å². The van der Waals surface area contributed by atoms with E-state index in [1.54, 1.807) is 12.3 Å². The van der Waals surface area contributed by atoms with Crippen molar-refractivity contribution in [2.24, 2.45) is 0 Å². The normalized spacial score (nSPS) is 14.1. The summed E-state index contributed by atoms with van der Waals surface area (Å²) in [5.74, 6) is 0. The van der Waals surface area contributed by atoms with Gasteiger partial charge in [0.25, 0.3) is 0 Å². The highest BCUT2D eigenvalue weighted by molar-refractivity contribution is 6.35. The molecule has 100 valence electrons. The Morgan fingerprint density at radius 2 is 1.89 bits per heavy atom. The molecule has 1 aromatic carbocycles. The number of benzene rings is 1. The lowest BCUT2D eigenvalue weighted by Gasteiger charge is -2.21. The number of nitrogens with one attached hydrogen (secondary N) is 1. The van der Waals surface area contributed by atoms with Crippen LogP contribution in [0.4, 0.5) is 0 Å². The predicted octanol–water partition coefficient (Wildman–Crippen LogP) is 4.80. The van der Waals surface area contributed by atoms with Crippen LogP contribution < -0.4 is 5.32 Å². The third-order valence-corrected chi connectivity index (χ3v) is 3.68. The van der Waals surface area contributed by atoms with Gasteiger partial charge in [0.1, 0.15) is 0 Å². The van der Waals surface area contributed by atoms with Crippen molar-refractivity contribution >= 4 is 23.2 Å². The lowest BCUT2D eigenvalue weighted by atomic mass is 10.1. The van der Waals surface area contributed by atoms with Gasteiger partial charge in [-0.3, -0.25) is 4.98 Å². The summed E-state index contributed by atoms with van der Waals surface area (Å²) in [6.07, 6.45) is 3.64. The van der Waals surface area contributed by atoms with Crippen molar-refractivity contribution in [1.82, 2.24) is 10.3 Å². The maximum atomic E-state index is 6.22. The Kier molecular flexibility index (Phi) is 4.81. The molecule has 0 saturated carbocycles. The summed E-state index contributed by atoms with van der Waals surface area (Å²) in [6, 6.07) is 9.92. The summed E-state index contributed by atoms with van der Waals surface area (Å²) >= 11 is 12.1. The molecule has 0 aliphatic heterocycles. The van der Waals surface area contributed by atoms with Crippen molar-refractivity contribution < 1.29 is 0 Å². The molecular weight excluding hydrogens is 279 g/mol. The van der Waals surface area contributed by atoms with Crippen LogP contribution in [0.5, 0.6) is 0 Å². The third-order valence-electron chi connectivity index (χ3n) is 3.11. The molecule has 19 heavy (non-hydrogen) atoms. The third kappa shape index (κ3) is 3.69. The second-order valence-electron chi connectivity index (χ2n) is 4.56. The average molecular weight is 295 g/mol. The van der Waals surface area contributed by atoms with Gasteiger partial charge in [-0.05, 0) is 43.2 Å². The molecule has 2 rings (SSSR count). The Balaban J connectivity index is 2.10. The van der Waals surface area contributed by atoms with Crippen molar-refractivity contribution in [2.75, 3.05) is 0 Å². The molecule has 0 aliphatic carbocycles. The maximum absolute atomic E-state index is 6.22. The van der Waals surface area contributed by atoms with E-state index in [0.717, 1.165) is 11.1 Å². The zero-order valence-corrected chi connectivity index (χ0v) is 12.4. The number of pyridine rings is 1. The van der Waals surface area contributed by atoms with Crippen LogP contribution in [0.3, 0.4) is 0 Å². The quantitative estimate of drug-likeness (QED) is 0.876. The summed E-state index contributed by atoms with van der Waals surface area (Å²) in [6.45, 7) is 4.19. The Bertz CT molecular complexity index is 543. The summed E-state index contributed by atoms with van der Waals surface area (Å²) in [7, 11) is 0. The molecule has 0 fully saturated rings. The predicted molar refractivity (Wildman–Crippen MR) is 80.7 cm³/mol. The largest absolute Gasteiger partial charge is 0.304 e. The van der Waals surface area contributed by atoms with Crippen molar-refractivity contribution in [1.29, 1.82) is 0 Å². The van der Waals surface area contributed by atoms with E-state index >= 15 is 0 Å². The molecule has 0 aliphatic rings. The molecule has 0 radical (unpaired) electrons. The summed E-state index contributed by atoms with van der Waals surface area (Å²) in [5.41, 5.74) is 2.20. The highest BCUT2D eigenvalue weighted by atomic mass is 35.5. The van der Waals surface area contributed by atoms with E-state index < -0.39 is 0 Å². The molecule has 1 aromatic heterocycles. The number of hydrogen-bond donors (Lipinski definition) is 1. The Morgan fingerprint density at radius 3 is 2.53 bits per heavy atom. The Morgan fingerprint density at radius 1 is 1.11 bits per heavy atom. The fourth-order valence-electron chi connectivity index (χ4n) is 2.05. The molecule has 1 heterocycles. The molecule has 2 aromatic rings. The molecule has 1 unspecified atom stereocenters. The molecule has 2 nitrogen and oxygen atoms in total. The first kappa shape index (κ1) is 14.3. The van der Waals surface area contributed by atoms with Crippen molar-refractivity contribution in [2.45, 2.75) is 25.9 Å². The van der Waals surface area contributed by atoms with Crippen molar-refractivity contribution in [3.05, 3.63) is 63.9 Å². The van der Waals surface area contributed by atoms with Gasteiger partial charge in [0.15, 0.2) is 0 Å². The topological polar surface area (TPSA) is 24.9 Å². The van der Waals surface area contributed by atoms with Gasteiger partial charge in [-0.2, -0.15) is 0 Å². The number of rotatable bonds is 4. The minimum Gasteiger partial charge on any atom is -0.304 e. The van der Waals surface area contributed by atoms with Gasteiger partial charge in [0.2, 0.25) is 0 Å². The van der Waals surface area contributed by atoms with Gasteiger partial charge in [0.05, 0.1) is 0 Å². The van der Waals surface area contributed by atoms with Crippen LogP contribution in [-0.2, 0) is 0 Å². The SMILES string of the molecule is CC(N[C@@H](C)c1cccnc1)c1ccc(Cl)cc1Cl. The number of halogens is 2. The van der Waals surface area contributed by atoms with Crippen LogP contribution in [0, 0.1) is 0 Å². The molecule has 0 bridgehead atoms. The molecule has 2 atom stereocenters. The number of hydrogen-bond acceptors (Lipinski definition) is 2. The molecule has 0 spiro atoms. The van der Waals surface area contributed by atoms with E-state index in [2.05, 4.69) is 30.2 Å². The van der Waals surface area contributed by atoms with Gasteiger partial charge < -0.3 is 5.32 Å². The molecular formula is C15H16Cl2N2. The smallest absolute Gasteiger partial charge is 0.0468 e. The van der Waals surface area contributed by atoms with Crippen molar-refractivity contribution in [3.8, 4) is 0 Å². The van der Waals surface area contributed by atoms with Crippen molar-refractivity contribution in [3.63, 3.8) is 0 Å². The van der Waals surface area contributed by atoms with E-state index in [4.69, 9.17) is 23.2 Å². The fourth-order valence-corrected chi connectivity index (χ4v) is 2.62. The summed E-state index contributed by atoms with van der Waals surface area (Å²) < 4.78 is 0. The van der Waals surface area contributed by atoms with E-state index in [1.807, 2.05) is 24.4 Å². The van der Waals surface area contributed by atoms with Crippen LogP contribution in [0.2, 0.25) is 10.0 Å². The number of nitrogens with zero attached hydrogens (tertiary/aromatic N) is 1. The van der Waals surface area contributed by atoms with Crippen LogP contribution in [0.15, 0.2) is 42.7 Å². The minimum atomic E-state index is 0.139. The lowest BCUT2D eigenvalue weighted by Crippen LogP contribution is -2.22. The van der Waals surface area contributed by atoms with E-state index in [0.29, 0.717) is 10.0 Å². The van der Waals surface area contributed by atoms with Crippen LogP contribution in [-0.4, -0.2) is 4.98 Å². The second kappa shape index (κ2) is 6.38. The van der Waals surface area contributed by atoms with Gasteiger partial charge in [0, 0.05) is 34.5 Å². The maximum Gasteiger partial charge on any atom is 0.0468 e. The standard InChI is InChI=1S/C15H16Cl2N2/c1-10(12-4-3-7-18-9-12)19-11(2)14-6-5-13(16)8-15(14)17/h3-11,19H,1-2H3/t10-,11?/m0/s1. The highest BCUT2D eigenvalue weighted by Gasteiger charge is 2.13. The highest BCUT2D eigenvalue weighted by Crippen LogP contribution is 2.27. The molecule has 4 heteroatoms. The Hall–Kier alpha value is -1.09. The van der Waals surface area contributed by atoms with Crippen LogP contribution in [0.1, 0.15) is 37.1 Å². The zero-order valence-electron chi connectivity index (χ0n) is 10.9. The first-order chi connectivity index (χ1) is 9.08. The first-order valence-corrected chi connectivity index (χ1v) is 6.94. The second-order valence-corrected chi connectivity index (χ2v) is 5.41. The zero-order chi connectivity index (χ0) is 13.8. The van der Waals surface area contributed by atoms with Crippen LogP contribution in [0.25, 0.3) is 0 Å². The van der Waals surface area contributed by atoms with Crippen LogP contribution >= 0.6 is 23.2 Å². The minimum absolute atomic E-state index is 0.139. The first-order valence-electron chi connectivity index (χ1n) is 6.19. The monoisotopic (exact) mass is 294 g/mol. The lowest BCUT2D eigenvalue weighted by molar-refractivity contribution is 0.494. The van der Waals surface area contributed by atoms with E-state index in [-0.39, 0.29) is 12.1 Å². The molecule has 0 saturated heterocycles.